The molecule has 0 unspecified atom stereocenters. The molecule has 0 aliphatic heterocycles. The molecule has 1 aliphatic carbocycles. The Balaban J connectivity index is 1.86. The molecule has 1 aliphatic rings. The number of benzene rings is 2. The molecule has 2 aromatic rings. The fraction of sp³-hybridized carbons (Fsp3) is 0.222. The lowest BCUT2D eigenvalue weighted by atomic mass is 10.1. The van der Waals surface area contributed by atoms with Gasteiger partial charge in [0.2, 0.25) is 0 Å². The third kappa shape index (κ3) is 3.82. The molecule has 0 atom stereocenters. The van der Waals surface area contributed by atoms with Gasteiger partial charge in [-0.1, -0.05) is 12.1 Å². The number of para-hydroxylation sites is 1. The summed E-state index contributed by atoms with van der Waals surface area (Å²) in [5, 5.41) is 17.0. The van der Waals surface area contributed by atoms with Gasteiger partial charge in [-0.25, -0.2) is 0 Å². The van der Waals surface area contributed by atoms with E-state index in [-0.39, 0.29) is 23.1 Å². The molecule has 1 amide bonds. The van der Waals surface area contributed by atoms with Crippen LogP contribution in [0.3, 0.4) is 0 Å². The molecule has 0 spiro atoms. The van der Waals surface area contributed by atoms with Crippen LogP contribution in [-0.2, 0) is 0 Å². The van der Waals surface area contributed by atoms with Crippen LogP contribution in [-0.4, -0.2) is 22.7 Å². The maximum absolute atomic E-state index is 12.4. The molecule has 0 radical (unpaired) electrons. The molecule has 3 rings (SSSR count). The molecular weight excluding hydrogens is 322 g/mol. The summed E-state index contributed by atoms with van der Waals surface area (Å²) in [6.45, 7) is 1.41. The predicted octanol–water partition coefficient (Wildman–Crippen LogP) is 3.62. The second-order valence-electron chi connectivity index (χ2n) is 5.96. The van der Waals surface area contributed by atoms with Crippen LogP contribution < -0.4 is 10.6 Å². The van der Waals surface area contributed by atoms with Gasteiger partial charge in [-0.3, -0.25) is 19.7 Å². The van der Waals surface area contributed by atoms with E-state index >= 15 is 0 Å². The molecule has 25 heavy (non-hydrogen) atoms. The van der Waals surface area contributed by atoms with Gasteiger partial charge in [0.05, 0.1) is 10.6 Å². The van der Waals surface area contributed by atoms with Gasteiger partial charge in [0.15, 0.2) is 5.78 Å². The van der Waals surface area contributed by atoms with E-state index in [1.165, 1.54) is 19.1 Å². The number of hydrogen-bond donors (Lipinski definition) is 2. The number of rotatable bonds is 6. The lowest BCUT2D eigenvalue weighted by molar-refractivity contribution is -0.384. The monoisotopic (exact) mass is 339 g/mol. The third-order valence-electron chi connectivity index (χ3n) is 3.95. The van der Waals surface area contributed by atoms with Crippen molar-refractivity contribution in [2.45, 2.75) is 25.8 Å². The Morgan fingerprint density at radius 1 is 1.12 bits per heavy atom. The van der Waals surface area contributed by atoms with Crippen LogP contribution >= 0.6 is 0 Å². The summed E-state index contributed by atoms with van der Waals surface area (Å²) in [5.74, 6) is -0.680. The SMILES string of the molecule is CC(=O)c1ccccc1NC(=O)c1ccc(NC2CC2)c([N+](=O)[O-])c1. The van der Waals surface area contributed by atoms with Crippen molar-refractivity contribution >= 4 is 28.8 Å². The zero-order valence-corrected chi connectivity index (χ0v) is 13.6. The van der Waals surface area contributed by atoms with Gasteiger partial charge in [0, 0.05) is 23.2 Å². The van der Waals surface area contributed by atoms with Gasteiger partial charge >= 0.3 is 0 Å². The number of anilines is 2. The number of Topliss-reactive ketones (excluding diaryl/α,β-unsaturated/α-hetero) is 1. The number of amides is 1. The normalized spacial score (nSPS) is 13.2. The summed E-state index contributed by atoms with van der Waals surface area (Å²) < 4.78 is 0. The van der Waals surface area contributed by atoms with Gasteiger partial charge in [-0.15, -0.1) is 0 Å². The minimum Gasteiger partial charge on any atom is -0.377 e. The Labute approximate surface area is 144 Å². The summed E-state index contributed by atoms with van der Waals surface area (Å²) in [6.07, 6.45) is 1.97. The first-order valence-electron chi connectivity index (χ1n) is 7.92. The molecule has 0 saturated heterocycles. The maximum Gasteiger partial charge on any atom is 0.293 e. The fourth-order valence-electron chi connectivity index (χ4n) is 2.49. The highest BCUT2D eigenvalue weighted by Crippen LogP contribution is 2.31. The number of nitro benzene ring substituents is 1. The van der Waals surface area contributed by atoms with E-state index in [0.29, 0.717) is 16.9 Å². The number of carbonyl (C=O) groups is 2. The first kappa shape index (κ1) is 16.6. The lowest BCUT2D eigenvalue weighted by Crippen LogP contribution is -2.15. The topological polar surface area (TPSA) is 101 Å². The first-order chi connectivity index (χ1) is 12.0. The molecule has 2 aromatic carbocycles. The third-order valence-corrected chi connectivity index (χ3v) is 3.95. The van der Waals surface area contributed by atoms with E-state index in [2.05, 4.69) is 10.6 Å². The summed E-state index contributed by atoms with van der Waals surface area (Å²) in [7, 11) is 0. The Morgan fingerprint density at radius 3 is 2.48 bits per heavy atom. The molecular formula is C18H17N3O4. The fourth-order valence-corrected chi connectivity index (χ4v) is 2.49. The van der Waals surface area contributed by atoms with Crippen molar-refractivity contribution in [3.05, 3.63) is 63.7 Å². The van der Waals surface area contributed by atoms with E-state index in [9.17, 15) is 19.7 Å². The Hall–Kier alpha value is -3.22. The van der Waals surface area contributed by atoms with Crippen molar-refractivity contribution in [2.24, 2.45) is 0 Å². The second kappa shape index (κ2) is 6.72. The zero-order chi connectivity index (χ0) is 18.0. The minimum absolute atomic E-state index is 0.139. The van der Waals surface area contributed by atoms with Gasteiger partial charge in [0.1, 0.15) is 5.69 Å². The average molecular weight is 339 g/mol. The van der Waals surface area contributed by atoms with Crippen molar-refractivity contribution in [3.8, 4) is 0 Å². The molecule has 7 nitrogen and oxygen atoms in total. The van der Waals surface area contributed by atoms with Gasteiger partial charge in [0.25, 0.3) is 11.6 Å². The van der Waals surface area contributed by atoms with Crippen LogP contribution in [0.2, 0.25) is 0 Å². The Bertz CT molecular complexity index is 859. The molecule has 128 valence electrons. The van der Waals surface area contributed by atoms with E-state index in [1.807, 2.05) is 0 Å². The van der Waals surface area contributed by atoms with E-state index in [4.69, 9.17) is 0 Å². The van der Waals surface area contributed by atoms with Crippen LogP contribution in [0, 0.1) is 10.1 Å². The molecule has 1 saturated carbocycles. The van der Waals surface area contributed by atoms with Crippen LogP contribution in [0.25, 0.3) is 0 Å². The molecule has 2 N–H and O–H groups in total. The lowest BCUT2D eigenvalue weighted by Gasteiger charge is -2.10. The highest BCUT2D eigenvalue weighted by Gasteiger charge is 2.25. The number of ketones is 1. The average Bonchev–Trinajstić information content (AvgIpc) is 3.39. The van der Waals surface area contributed by atoms with Crippen LogP contribution in [0.5, 0.6) is 0 Å². The molecule has 0 bridgehead atoms. The number of nitrogens with zero attached hydrogens (tertiary/aromatic N) is 1. The summed E-state index contributed by atoms with van der Waals surface area (Å²) >= 11 is 0. The standard InChI is InChI=1S/C18H17N3O4/c1-11(22)14-4-2-3-5-15(14)20-18(23)12-6-9-16(19-13-7-8-13)17(10-12)21(24)25/h2-6,9-10,13,19H,7-8H2,1H3,(H,20,23). The molecule has 0 heterocycles. The van der Waals surface area contributed by atoms with Crippen molar-refractivity contribution in [3.63, 3.8) is 0 Å². The van der Waals surface area contributed by atoms with Crippen LogP contribution in [0.15, 0.2) is 42.5 Å². The first-order valence-corrected chi connectivity index (χ1v) is 7.92. The van der Waals surface area contributed by atoms with Gasteiger partial charge in [-0.2, -0.15) is 0 Å². The van der Waals surface area contributed by atoms with Crippen molar-refractivity contribution in [1.82, 2.24) is 0 Å². The van der Waals surface area contributed by atoms with Crippen molar-refractivity contribution < 1.29 is 14.5 Å². The number of hydrogen-bond acceptors (Lipinski definition) is 5. The van der Waals surface area contributed by atoms with E-state index in [1.54, 1.807) is 30.3 Å². The smallest absolute Gasteiger partial charge is 0.293 e. The van der Waals surface area contributed by atoms with Gasteiger partial charge < -0.3 is 10.6 Å². The highest BCUT2D eigenvalue weighted by molar-refractivity contribution is 6.09. The number of nitrogens with one attached hydrogen (secondary N) is 2. The quantitative estimate of drug-likeness (QED) is 0.475. The Morgan fingerprint density at radius 2 is 1.84 bits per heavy atom. The summed E-state index contributed by atoms with van der Waals surface area (Å²) in [6, 6.07) is 11.2. The minimum atomic E-state index is -0.509. The van der Waals surface area contributed by atoms with Crippen LogP contribution in [0.1, 0.15) is 40.5 Å². The predicted molar refractivity (Wildman–Crippen MR) is 94.1 cm³/mol. The molecule has 7 heteroatoms. The number of nitro groups is 1. The molecule has 1 fully saturated rings. The summed E-state index contributed by atoms with van der Waals surface area (Å²) in [4.78, 5) is 34.9. The Kier molecular flexibility index (Phi) is 4.47. The van der Waals surface area contributed by atoms with Crippen LogP contribution in [0.4, 0.5) is 17.1 Å². The van der Waals surface area contributed by atoms with Crippen molar-refractivity contribution in [1.29, 1.82) is 0 Å². The molecule has 0 aromatic heterocycles. The highest BCUT2D eigenvalue weighted by atomic mass is 16.6. The van der Waals surface area contributed by atoms with E-state index in [0.717, 1.165) is 12.8 Å². The largest absolute Gasteiger partial charge is 0.377 e. The summed E-state index contributed by atoms with van der Waals surface area (Å²) in [5.41, 5.74) is 1.19. The van der Waals surface area contributed by atoms with Gasteiger partial charge in [-0.05, 0) is 44.0 Å². The number of carbonyl (C=O) groups excluding carboxylic acids is 2. The maximum atomic E-state index is 12.4. The van der Waals surface area contributed by atoms with Crippen molar-refractivity contribution in [2.75, 3.05) is 10.6 Å². The van der Waals surface area contributed by atoms with E-state index < -0.39 is 10.8 Å². The second-order valence-corrected chi connectivity index (χ2v) is 5.96. The zero-order valence-electron chi connectivity index (χ0n) is 13.6.